The summed E-state index contributed by atoms with van der Waals surface area (Å²) < 4.78 is 0. The zero-order valence-corrected chi connectivity index (χ0v) is 5.66. The van der Waals surface area contributed by atoms with E-state index in [9.17, 15) is 4.79 Å². The maximum atomic E-state index is 10.4. The molecule has 1 rings (SSSR count). The van der Waals surface area contributed by atoms with Crippen LogP contribution in [0.15, 0.2) is 23.8 Å². The molecule has 0 spiro atoms. The van der Waals surface area contributed by atoms with Crippen molar-refractivity contribution in [3.8, 4) is 0 Å². The third-order valence-corrected chi connectivity index (χ3v) is 1.52. The van der Waals surface area contributed by atoms with E-state index in [2.05, 4.69) is 0 Å². The van der Waals surface area contributed by atoms with Crippen LogP contribution >= 0.6 is 0 Å². The molecule has 3 heteroatoms. The molecule has 0 aliphatic heterocycles. The van der Waals surface area contributed by atoms with Crippen LogP contribution in [-0.4, -0.2) is 16.6 Å². The van der Waals surface area contributed by atoms with Crippen molar-refractivity contribution in [2.45, 2.75) is 12.5 Å². The Labute approximate surface area is 58.8 Å². The molecule has 0 bridgehead atoms. The molecule has 0 saturated heterocycles. The van der Waals surface area contributed by atoms with Gasteiger partial charge in [-0.3, -0.25) is 0 Å². The number of hydrogen-bond acceptors (Lipinski definition) is 2. The fraction of sp³-hybridized carbons (Fsp3) is 0.286. The number of carboxylic acid groups (broad SMARTS) is 1. The molecule has 1 aliphatic carbocycles. The smallest absolute Gasteiger partial charge is 0.333 e. The third-order valence-electron chi connectivity index (χ3n) is 1.52. The molecule has 0 aromatic heterocycles. The largest absolute Gasteiger partial charge is 0.478 e. The SMILES string of the molecule is CC1(N)C=CC=C1C(=O)O. The number of nitrogens with two attached hydrogens (primary N) is 1. The summed E-state index contributed by atoms with van der Waals surface area (Å²) in [6.07, 6.45) is 4.84. The summed E-state index contributed by atoms with van der Waals surface area (Å²) in [6.45, 7) is 1.66. The molecule has 10 heavy (non-hydrogen) atoms. The quantitative estimate of drug-likeness (QED) is 0.548. The lowest BCUT2D eigenvalue weighted by Crippen LogP contribution is -2.37. The van der Waals surface area contributed by atoms with Gasteiger partial charge in [-0.25, -0.2) is 4.79 Å². The summed E-state index contributed by atoms with van der Waals surface area (Å²) in [6, 6.07) is 0. The molecule has 1 unspecified atom stereocenters. The molecule has 1 atom stereocenters. The first-order chi connectivity index (χ1) is 4.54. The first kappa shape index (κ1) is 7.02. The van der Waals surface area contributed by atoms with Crippen molar-refractivity contribution in [1.82, 2.24) is 0 Å². The molecule has 0 saturated carbocycles. The normalized spacial score (nSPS) is 30.4. The van der Waals surface area contributed by atoms with Gasteiger partial charge in [-0.2, -0.15) is 0 Å². The van der Waals surface area contributed by atoms with E-state index in [-0.39, 0.29) is 5.57 Å². The fourth-order valence-corrected chi connectivity index (χ4v) is 0.915. The van der Waals surface area contributed by atoms with Crippen molar-refractivity contribution in [3.05, 3.63) is 23.8 Å². The summed E-state index contributed by atoms with van der Waals surface area (Å²) in [5, 5.41) is 8.56. The Morgan fingerprint density at radius 2 is 2.40 bits per heavy atom. The second-order valence-corrected chi connectivity index (χ2v) is 2.53. The zero-order valence-electron chi connectivity index (χ0n) is 5.66. The Bertz CT molecular complexity index is 226. The minimum absolute atomic E-state index is 0.243. The van der Waals surface area contributed by atoms with E-state index < -0.39 is 11.5 Å². The van der Waals surface area contributed by atoms with Crippen LogP contribution in [0.25, 0.3) is 0 Å². The molecule has 0 radical (unpaired) electrons. The molecule has 54 valence electrons. The Balaban J connectivity index is 2.93. The highest BCUT2D eigenvalue weighted by molar-refractivity contribution is 5.91. The Morgan fingerprint density at radius 3 is 2.60 bits per heavy atom. The summed E-state index contributed by atoms with van der Waals surface area (Å²) in [4.78, 5) is 10.4. The minimum Gasteiger partial charge on any atom is -0.478 e. The van der Waals surface area contributed by atoms with Gasteiger partial charge in [0.25, 0.3) is 0 Å². The van der Waals surface area contributed by atoms with Crippen LogP contribution in [0, 0.1) is 0 Å². The van der Waals surface area contributed by atoms with E-state index in [0.717, 1.165) is 0 Å². The number of allylic oxidation sites excluding steroid dienone is 2. The van der Waals surface area contributed by atoms with Crippen LogP contribution in [0.3, 0.4) is 0 Å². The van der Waals surface area contributed by atoms with Crippen molar-refractivity contribution >= 4 is 5.97 Å². The van der Waals surface area contributed by atoms with E-state index >= 15 is 0 Å². The topological polar surface area (TPSA) is 63.3 Å². The standard InChI is InChI=1S/C7H9NO2/c1-7(8)4-2-3-5(7)6(9)10/h2-4H,8H2,1H3,(H,9,10). The Kier molecular flexibility index (Phi) is 1.37. The van der Waals surface area contributed by atoms with Gasteiger partial charge < -0.3 is 10.8 Å². The van der Waals surface area contributed by atoms with Gasteiger partial charge in [0.2, 0.25) is 0 Å². The maximum Gasteiger partial charge on any atom is 0.333 e. The molecule has 0 heterocycles. The molecular formula is C7H9NO2. The predicted octanol–water partition coefficient (Wildman–Crippen LogP) is 0.285. The van der Waals surface area contributed by atoms with Gasteiger partial charge in [-0.05, 0) is 13.0 Å². The Hall–Kier alpha value is -1.09. The van der Waals surface area contributed by atoms with E-state index in [1.165, 1.54) is 6.08 Å². The van der Waals surface area contributed by atoms with Crippen molar-refractivity contribution in [3.63, 3.8) is 0 Å². The number of rotatable bonds is 1. The molecule has 0 fully saturated rings. The molecule has 3 N–H and O–H groups in total. The highest BCUT2D eigenvalue weighted by Gasteiger charge is 2.28. The van der Waals surface area contributed by atoms with Gasteiger partial charge in [-0.15, -0.1) is 0 Å². The van der Waals surface area contributed by atoms with Gasteiger partial charge in [-0.1, -0.05) is 12.2 Å². The van der Waals surface area contributed by atoms with E-state index in [1.807, 2.05) is 0 Å². The van der Waals surface area contributed by atoms with Gasteiger partial charge in [0.05, 0.1) is 11.1 Å². The lowest BCUT2D eigenvalue weighted by atomic mass is 9.97. The fourth-order valence-electron chi connectivity index (χ4n) is 0.915. The van der Waals surface area contributed by atoms with Gasteiger partial charge in [0.1, 0.15) is 0 Å². The molecule has 0 aromatic carbocycles. The van der Waals surface area contributed by atoms with Crippen LogP contribution in [0.1, 0.15) is 6.92 Å². The van der Waals surface area contributed by atoms with Crippen LogP contribution in [0.2, 0.25) is 0 Å². The second-order valence-electron chi connectivity index (χ2n) is 2.53. The maximum absolute atomic E-state index is 10.4. The first-order valence-corrected chi connectivity index (χ1v) is 2.96. The van der Waals surface area contributed by atoms with Crippen molar-refractivity contribution in [2.75, 3.05) is 0 Å². The number of carboxylic acids is 1. The lowest BCUT2D eigenvalue weighted by molar-refractivity contribution is -0.133. The molecular weight excluding hydrogens is 130 g/mol. The summed E-state index contributed by atoms with van der Waals surface area (Å²) >= 11 is 0. The summed E-state index contributed by atoms with van der Waals surface area (Å²) in [5.41, 5.74) is 5.04. The monoisotopic (exact) mass is 139 g/mol. The Morgan fingerprint density at radius 1 is 1.80 bits per heavy atom. The van der Waals surface area contributed by atoms with Crippen LogP contribution in [0.4, 0.5) is 0 Å². The van der Waals surface area contributed by atoms with Crippen LogP contribution < -0.4 is 5.73 Å². The van der Waals surface area contributed by atoms with E-state index in [0.29, 0.717) is 0 Å². The van der Waals surface area contributed by atoms with Gasteiger partial charge in [0, 0.05) is 0 Å². The number of hydrogen-bond donors (Lipinski definition) is 2. The van der Waals surface area contributed by atoms with Crippen LogP contribution in [-0.2, 0) is 4.79 Å². The number of aliphatic carboxylic acids is 1. The lowest BCUT2D eigenvalue weighted by Gasteiger charge is -2.16. The molecule has 1 aliphatic rings. The predicted molar refractivity (Wildman–Crippen MR) is 37.5 cm³/mol. The highest BCUT2D eigenvalue weighted by Crippen LogP contribution is 2.20. The van der Waals surface area contributed by atoms with Gasteiger partial charge >= 0.3 is 5.97 Å². The summed E-state index contributed by atoms with van der Waals surface area (Å²) in [5.74, 6) is -0.949. The molecule has 0 amide bonds. The first-order valence-electron chi connectivity index (χ1n) is 2.96. The highest BCUT2D eigenvalue weighted by atomic mass is 16.4. The van der Waals surface area contributed by atoms with Gasteiger partial charge in [0.15, 0.2) is 0 Å². The average molecular weight is 139 g/mol. The zero-order chi connectivity index (χ0) is 7.78. The molecule has 0 aromatic rings. The van der Waals surface area contributed by atoms with E-state index in [4.69, 9.17) is 10.8 Å². The number of carbonyl (C=O) groups is 1. The summed E-state index contributed by atoms with van der Waals surface area (Å²) in [7, 11) is 0. The second kappa shape index (κ2) is 1.95. The third kappa shape index (κ3) is 0.953. The van der Waals surface area contributed by atoms with Crippen LogP contribution in [0.5, 0.6) is 0 Å². The van der Waals surface area contributed by atoms with Crippen molar-refractivity contribution < 1.29 is 9.90 Å². The van der Waals surface area contributed by atoms with Crippen molar-refractivity contribution in [1.29, 1.82) is 0 Å². The van der Waals surface area contributed by atoms with E-state index in [1.54, 1.807) is 19.1 Å². The molecule has 3 nitrogen and oxygen atoms in total. The van der Waals surface area contributed by atoms with Crippen molar-refractivity contribution in [2.24, 2.45) is 5.73 Å². The minimum atomic E-state index is -0.949. The average Bonchev–Trinajstić information content (AvgIpc) is 2.08.